The third kappa shape index (κ3) is 3.43. The average molecular weight is 343 g/mol. The highest BCUT2D eigenvalue weighted by molar-refractivity contribution is 7.10. The van der Waals surface area contributed by atoms with Crippen molar-refractivity contribution in [2.24, 2.45) is 0 Å². The highest BCUT2D eigenvalue weighted by Crippen LogP contribution is 2.36. The van der Waals surface area contributed by atoms with E-state index in [0.717, 1.165) is 13.0 Å². The molecule has 0 fully saturated rings. The van der Waals surface area contributed by atoms with Crippen molar-refractivity contribution in [3.05, 3.63) is 52.2 Å². The molecule has 1 aliphatic heterocycles. The van der Waals surface area contributed by atoms with Gasteiger partial charge in [-0.2, -0.15) is 0 Å². The molecule has 0 unspecified atom stereocenters. The van der Waals surface area contributed by atoms with Gasteiger partial charge in [0.2, 0.25) is 0 Å². The summed E-state index contributed by atoms with van der Waals surface area (Å²) in [5.74, 6) is -1.16. The Morgan fingerprint density at radius 1 is 1.17 bits per heavy atom. The molecule has 126 valence electrons. The minimum absolute atomic E-state index is 0.0343. The largest absolute Gasteiger partial charge is 0.361 e. The number of carbonyl (C=O) groups excluding carboxylic acids is 2. The standard InChI is InChI=1S/C18H21N3O2S/c1-2-19-17(22)18(23)20-12-15(16-8-5-11-24-16)21-10-9-13-6-3-4-7-14(13)21/h3-8,11,15H,2,9-10,12H2,1H3,(H,19,22)(H,20,23)/t15-/m1/s1. The molecule has 1 atom stereocenters. The van der Waals surface area contributed by atoms with E-state index in [2.05, 4.69) is 39.8 Å². The first-order chi connectivity index (χ1) is 11.7. The summed E-state index contributed by atoms with van der Waals surface area (Å²) in [6.45, 7) is 3.56. The number of benzene rings is 1. The topological polar surface area (TPSA) is 61.4 Å². The zero-order chi connectivity index (χ0) is 16.9. The Labute approximate surface area is 145 Å². The maximum atomic E-state index is 11.9. The number of hydrogen-bond acceptors (Lipinski definition) is 4. The van der Waals surface area contributed by atoms with Crippen LogP contribution >= 0.6 is 11.3 Å². The number of nitrogens with one attached hydrogen (secondary N) is 2. The van der Waals surface area contributed by atoms with Crippen LogP contribution in [0.4, 0.5) is 5.69 Å². The lowest BCUT2D eigenvalue weighted by molar-refractivity contribution is -0.139. The summed E-state index contributed by atoms with van der Waals surface area (Å²) in [5.41, 5.74) is 2.54. The normalized spacial score (nSPS) is 14.1. The van der Waals surface area contributed by atoms with Crippen molar-refractivity contribution in [1.82, 2.24) is 10.6 Å². The first-order valence-corrected chi connectivity index (χ1v) is 9.02. The third-order valence-corrected chi connectivity index (χ3v) is 5.14. The van der Waals surface area contributed by atoms with Crippen LogP contribution in [0.2, 0.25) is 0 Å². The second-order valence-electron chi connectivity index (χ2n) is 5.67. The fourth-order valence-electron chi connectivity index (χ4n) is 3.04. The predicted octanol–water partition coefficient (Wildman–Crippen LogP) is 2.10. The van der Waals surface area contributed by atoms with Gasteiger partial charge in [0, 0.05) is 30.2 Å². The number of para-hydroxylation sites is 1. The van der Waals surface area contributed by atoms with Crippen molar-refractivity contribution < 1.29 is 9.59 Å². The van der Waals surface area contributed by atoms with E-state index in [0.29, 0.717) is 13.1 Å². The van der Waals surface area contributed by atoms with Gasteiger partial charge in [-0.25, -0.2) is 0 Å². The molecule has 1 aliphatic rings. The van der Waals surface area contributed by atoms with Crippen molar-refractivity contribution in [2.75, 3.05) is 24.5 Å². The van der Waals surface area contributed by atoms with Gasteiger partial charge < -0.3 is 15.5 Å². The summed E-state index contributed by atoms with van der Waals surface area (Å²) >= 11 is 1.67. The van der Waals surface area contributed by atoms with Gasteiger partial charge in [0.1, 0.15) is 0 Å². The maximum absolute atomic E-state index is 11.9. The average Bonchev–Trinajstić information content (AvgIpc) is 3.25. The molecule has 24 heavy (non-hydrogen) atoms. The number of hydrogen-bond donors (Lipinski definition) is 2. The van der Waals surface area contributed by atoms with Crippen LogP contribution in [0.5, 0.6) is 0 Å². The maximum Gasteiger partial charge on any atom is 0.309 e. The van der Waals surface area contributed by atoms with Gasteiger partial charge >= 0.3 is 11.8 Å². The molecule has 3 rings (SSSR count). The van der Waals surface area contributed by atoms with E-state index in [1.54, 1.807) is 18.3 Å². The molecule has 0 aliphatic carbocycles. The summed E-state index contributed by atoms with van der Waals surface area (Å²) in [6.07, 6.45) is 1.00. The highest BCUT2D eigenvalue weighted by Gasteiger charge is 2.28. The fourth-order valence-corrected chi connectivity index (χ4v) is 3.88. The molecule has 0 bridgehead atoms. The fraction of sp³-hybridized carbons (Fsp3) is 0.333. The number of anilines is 1. The highest BCUT2D eigenvalue weighted by atomic mass is 32.1. The molecule has 0 saturated carbocycles. The van der Waals surface area contributed by atoms with Crippen molar-refractivity contribution in [3.8, 4) is 0 Å². The molecule has 2 amide bonds. The Morgan fingerprint density at radius 2 is 1.96 bits per heavy atom. The monoisotopic (exact) mass is 343 g/mol. The molecule has 2 heterocycles. The van der Waals surface area contributed by atoms with Gasteiger partial charge in [0.05, 0.1) is 6.04 Å². The molecular formula is C18H21N3O2S. The summed E-state index contributed by atoms with van der Waals surface area (Å²) in [5, 5.41) is 7.34. The molecule has 0 spiro atoms. The number of thiophene rings is 1. The van der Waals surface area contributed by atoms with Gasteiger partial charge in [-0.3, -0.25) is 9.59 Å². The first kappa shape index (κ1) is 16.5. The molecule has 0 saturated heterocycles. The lowest BCUT2D eigenvalue weighted by Crippen LogP contribution is -2.43. The van der Waals surface area contributed by atoms with Crippen molar-refractivity contribution in [3.63, 3.8) is 0 Å². The molecule has 1 aromatic heterocycles. The van der Waals surface area contributed by atoms with E-state index in [1.165, 1.54) is 16.1 Å². The quantitative estimate of drug-likeness (QED) is 0.818. The minimum Gasteiger partial charge on any atom is -0.361 e. The Morgan fingerprint density at radius 3 is 2.71 bits per heavy atom. The van der Waals surface area contributed by atoms with Gasteiger partial charge in [-0.05, 0) is 36.4 Å². The Kier molecular flexibility index (Phi) is 5.15. The summed E-state index contributed by atoms with van der Waals surface area (Å²) in [6, 6.07) is 12.5. The summed E-state index contributed by atoms with van der Waals surface area (Å²) in [4.78, 5) is 27.1. The van der Waals surface area contributed by atoms with Crippen LogP contribution < -0.4 is 15.5 Å². The number of rotatable bonds is 5. The molecule has 0 radical (unpaired) electrons. The molecule has 2 aromatic rings. The molecule has 6 heteroatoms. The third-order valence-electron chi connectivity index (χ3n) is 4.17. The molecule has 2 N–H and O–H groups in total. The van der Waals surface area contributed by atoms with Crippen molar-refractivity contribution >= 4 is 28.8 Å². The van der Waals surface area contributed by atoms with E-state index < -0.39 is 11.8 Å². The number of likely N-dealkylation sites (N-methyl/N-ethyl adjacent to an activating group) is 1. The Hall–Kier alpha value is -2.34. The second kappa shape index (κ2) is 7.49. The zero-order valence-corrected chi connectivity index (χ0v) is 14.4. The van der Waals surface area contributed by atoms with Crippen LogP contribution in [0, 0.1) is 0 Å². The van der Waals surface area contributed by atoms with E-state index >= 15 is 0 Å². The van der Waals surface area contributed by atoms with Crippen LogP contribution in [-0.2, 0) is 16.0 Å². The lowest BCUT2D eigenvalue weighted by Gasteiger charge is -2.30. The number of amides is 2. The Balaban J connectivity index is 1.77. The van der Waals surface area contributed by atoms with Crippen molar-refractivity contribution in [2.45, 2.75) is 19.4 Å². The van der Waals surface area contributed by atoms with E-state index in [-0.39, 0.29) is 6.04 Å². The minimum atomic E-state index is -0.579. The lowest BCUT2D eigenvalue weighted by atomic mass is 10.1. The van der Waals surface area contributed by atoms with E-state index in [9.17, 15) is 9.59 Å². The number of carbonyl (C=O) groups is 2. The van der Waals surface area contributed by atoms with Gasteiger partial charge in [0.25, 0.3) is 0 Å². The molecule has 5 nitrogen and oxygen atoms in total. The van der Waals surface area contributed by atoms with Crippen LogP contribution in [0.15, 0.2) is 41.8 Å². The van der Waals surface area contributed by atoms with Gasteiger partial charge in [0.15, 0.2) is 0 Å². The van der Waals surface area contributed by atoms with Gasteiger partial charge in [-0.1, -0.05) is 24.3 Å². The SMILES string of the molecule is CCNC(=O)C(=O)NC[C@H](c1cccs1)N1CCc2ccccc21. The van der Waals surface area contributed by atoms with Gasteiger partial charge in [-0.15, -0.1) is 11.3 Å². The predicted molar refractivity (Wildman–Crippen MR) is 96.2 cm³/mol. The van der Waals surface area contributed by atoms with Crippen LogP contribution in [-0.4, -0.2) is 31.4 Å². The summed E-state index contributed by atoms with van der Waals surface area (Å²) < 4.78 is 0. The first-order valence-electron chi connectivity index (χ1n) is 8.14. The molecule has 1 aromatic carbocycles. The van der Waals surface area contributed by atoms with Crippen molar-refractivity contribution in [1.29, 1.82) is 0 Å². The summed E-state index contributed by atoms with van der Waals surface area (Å²) in [7, 11) is 0. The molecular weight excluding hydrogens is 322 g/mol. The van der Waals surface area contributed by atoms with E-state index in [4.69, 9.17) is 0 Å². The number of fused-ring (bicyclic) bond motifs is 1. The van der Waals surface area contributed by atoms with Crippen LogP contribution in [0.3, 0.4) is 0 Å². The smallest absolute Gasteiger partial charge is 0.309 e. The second-order valence-corrected chi connectivity index (χ2v) is 6.65. The van der Waals surface area contributed by atoms with E-state index in [1.807, 2.05) is 17.5 Å². The van der Waals surface area contributed by atoms with Crippen LogP contribution in [0.1, 0.15) is 23.4 Å². The zero-order valence-electron chi connectivity index (χ0n) is 13.6. The Bertz CT molecular complexity index is 715. The number of nitrogens with zero attached hydrogens (tertiary/aromatic N) is 1. The van der Waals surface area contributed by atoms with Crippen LogP contribution in [0.25, 0.3) is 0 Å².